The molecule has 0 amide bonds. The second-order valence-corrected chi connectivity index (χ2v) is 5.96. The first kappa shape index (κ1) is 14.2. The highest BCUT2D eigenvalue weighted by Gasteiger charge is 2.10. The second kappa shape index (κ2) is 6.33. The summed E-state index contributed by atoms with van der Waals surface area (Å²) < 4.78 is 5.27. The minimum Gasteiger partial charge on any atom is -0.327 e. The number of halogens is 1. The van der Waals surface area contributed by atoms with Crippen molar-refractivity contribution in [2.75, 3.05) is 0 Å². The molecule has 21 heavy (non-hydrogen) atoms. The first-order chi connectivity index (χ1) is 10.2. The van der Waals surface area contributed by atoms with Crippen molar-refractivity contribution in [1.29, 1.82) is 0 Å². The Bertz CT molecular complexity index is 740. The molecular formula is C16H13ClN2OS. The van der Waals surface area contributed by atoms with Crippen LogP contribution in [-0.2, 0) is 5.75 Å². The van der Waals surface area contributed by atoms with E-state index in [0.29, 0.717) is 16.8 Å². The van der Waals surface area contributed by atoms with Crippen molar-refractivity contribution < 1.29 is 4.52 Å². The van der Waals surface area contributed by atoms with Gasteiger partial charge < -0.3 is 4.52 Å². The molecule has 0 N–H and O–H groups in total. The highest BCUT2D eigenvalue weighted by molar-refractivity contribution is 7.98. The molecule has 106 valence electrons. The summed E-state index contributed by atoms with van der Waals surface area (Å²) in [7, 11) is 0. The molecule has 0 bridgehead atoms. The third-order valence-corrected chi connectivity index (χ3v) is 4.26. The van der Waals surface area contributed by atoms with E-state index in [9.17, 15) is 0 Å². The fraction of sp³-hybridized carbons (Fsp3) is 0.125. The third kappa shape index (κ3) is 3.46. The van der Waals surface area contributed by atoms with Crippen molar-refractivity contribution in [3.8, 4) is 11.4 Å². The van der Waals surface area contributed by atoms with Gasteiger partial charge in [0.1, 0.15) is 0 Å². The van der Waals surface area contributed by atoms with Crippen molar-refractivity contribution in [1.82, 2.24) is 10.1 Å². The smallest absolute Gasteiger partial charge is 0.286 e. The van der Waals surface area contributed by atoms with E-state index >= 15 is 0 Å². The van der Waals surface area contributed by atoms with Crippen molar-refractivity contribution in [2.45, 2.75) is 17.9 Å². The van der Waals surface area contributed by atoms with Crippen LogP contribution in [0.15, 0.2) is 58.3 Å². The highest BCUT2D eigenvalue weighted by Crippen LogP contribution is 2.27. The van der Waals surface area contributed by atoms with Crippen molar-refractivity contribution in [3.63, 3.8) is 0 Å². The molecular weight excluding hydrogens is 304 g/mol. The fourth-order valence-electron chi connectivity index (χ4n) is 1.84. The van der Waals surface area contributed by atoms with Crippen LogP contribution >= 0.6 is 23.4 Å². The summed E-state index contributed by atoms with van der Waals surface area (Å²) in [5.41, 5.74) is 3.21. The topological polar surface area (TPSA) is 38.9 Å². The van der Waals surface area contributed by atoms with E-state index in [1.54, 1.807) is 0 Å². The lowest BCUT2D eigenvalue weighted by Gasteiger charge is -2.00. The number of hydrogen-bond donors (Lipinski definition) is 0. The lowest BCUT2D eigenvalue weighted by atomic mass is 10.1. The Morgan fingerprint density at radius 1 is 1.10 bits per heavy atom. The number of thioether (sulfide) groups is 1. The first-order valence-corrected chi connectivity index (χ1v) is 7.86. The molecule has 0 spiro atoms. The molecule has 0 aliphatic rings. The number of nitrogens with zero attached hydrogens (tertiary/aromatic N) is 2. The summed E-state index contributed by atoms with van der Waals surface area (Å²) >= 11 is 7.61. The third-order valence-electron chi connectivity index (χ3n) is 3.03. The van der Waals surface area contributed by atoms with Gasteiger partial charge in [0.2, 0.25) is 5.82 Å². The van der Waals surface area contributed by atoms with Gasteiger partial charge in [-0.2, -0.15) is 4.98 Å². The van der Waals surface area contributed by atoms with E-state index in [-0.39, 0.29) is 0 Å². The Labute approximate surface area is 132 Å². The number of aromatic nitrogens is 2. The Morgan fingerprint density at radius 2 is 1.86 bits per heavy atom. The molecule has 0 saturated carbocycles. The van der Waals surface area contributed by atoms with Crippen LogP contribution in [0, 0.1) is 6.92 Å². The van der Waals surface area contributed by atoms with Crippen molar-refractivity contribution in [2.24, 2.45) is 0 Å². The molecule has 1 heterocycles. The predicted molar refractivity (Wildman–Crippen MR) is 85.5 cm³/mol. The molecule has 0 fully saturated rings. The largest absolute Gasteiger partial charge is 0.327 e. The van der Waals surface area contributed by atoms with Gasteiger partial charge in [-0.25, -0.2) is 0 Å². The molecule has 0 aliphatic carbocycles. The average Bonchev–Trinajstić information content (AvgIpc) is 2.96. The Morgan fingerprint density at radius 3 is 2.62 bits per heavy atom. The van der Waals surface area contributed by atoms with E-state index in [1.165, 1.54) is 17.3 Å². The molecule has 5 heteroatoms. The van der Waals surface area contributed by atoms with E-state index in [2.05, 4.69) is 10.1 Å². The summed E-state index contributed by atoms with van der Waals surface area (Å²) in [5, 5.41) is 5.31. The van der Waals surface area contributed by atoms with Crippen LogP contribution in [0.1, 0.15) is 11.1 Å². The zero-order chi connectivity index (χ0) is 14.7. The normalized spacial score (nSPS) is 10.8. The maximum Gasteiger partial charge on any atom is 0.286 e. The minimum absolute atomic E-state index is 0.547. The van der Waals surface area contributed by atoms with Gasteiger partial charge in [0.25, 0.3) is 5.22 Å². The number of benzene rings is 2. The maximum atomic E-state index is 6.13. The van der Waals surface area contributed by atoms with Gasteiger partial charge in [0, 0.05) is 16.3 Å². The molecule has 0 saturated heterocycles. The molecule has 0 unspecified atom stereocenters. The van der Waals surface area contributed by atoms with Crippen LogP contribution in [0.5, 0.6) is 0 Å². The summed E-state index contributed by atoms with van der Waals surface area (Å²) in [6.07, 6.45) is 0. The number of hydrogen-bond acceptors (Lipinski definition) is 4. The zero-order valence-corrected chi connectivity index (χ0v) is 13.0. The predicted octanol–water partition coefficient (Wildman–Crippen LogP) is 4.99. The minimum atomic E-state index is 0.547. The van der Waals surface area contributed by atoms with Gasteiger partial charge >= 0.3 is 0 Å². The standard InChI is InChI=1S/C16H13ClN2OS/c1-11-6-8-12(9-7-11)15-18-16(20-19-15)21-10-13-4-2-3-5-14(13)17/h2-9H,10H2,1H3. The highest BCUT2D eigenvalue weighted by atomic mass is 35.5. The van der Waals surface area contributed by atoms with Crippen LogP contribution in [0.3, 0.4) is 0 Å². The lowest BCUT2D eigenvalue weighted by molar-refractivity contribution is 0.341. The second-order valence-electron chi connectivity index (χ2n) is 4.63. The van der Waals surface area contributed by atoms with Gasteiger partial charge in [0.05, 0.1) is 0 Å². The maximum absolute atomic E-state index is 6.13. The van der Waals surface area contributed by atoms with E-state index in [1.807, 2.05) is 55.5 Å². The summed E-state index contributed by atoms with van der Waals surface area (Å²) in [6, 6.07) is 15.8. The van der Waals surface area contributed by atoms with E-state index in [0.717, 1.165) is 16.1 Å². The van der Waals surface area contributed by atoms with Crippen LogP contribution < -0.4 is 0 Å². The lowest BCUT2D eigenvalue weighted by Crippen LogP contribution is -1.83. The Balaban J connectivity index is 1.71. The molecule has 0 aliphatic heterocycles. The fourth-order valence-corrected chi connectivity index (χ4v) is 2.90. The van der Waals surface area contributed by atoms with Gasteiger partial charge in [-0.1, -0.05) is 76.5 Å². The SMILES string of the molecule is Cc1ccc(-c2noc(SCc3ccccc3Cl)n2)cc1. The zero-order valence-electron chi connectivity index (χ0n) is 11.4. The Kier molecular flexibility index (Phi) is 4.27. The van der Waals surface area contributed by atoms with E-state index in [4.69, 9.17) is 16.1 Å². The first-order valence-electron chi connectivity index (χ1n) is 6.49. The molecule has 0 radical (unpaired) electrons. The molecule has 1 aromatic heterocycles. The van der Waals surface area contributed by atoms with Crippen molar-refractivity contribution >= 4 is 23.4 Å². The number of aryl methyl sites for hydroxylation is 1. The molecule has 3 nitrogen and oxygen atoms in total. The van der Waals surface area contributed by atoms with Gasteiger partial charge in [-0.15, -0.1) is 0 Å². The molecule has 0 atom stereocenters. The van der Waals surface area contributed by atoms with Crippen molar-refractivity contribution in [3.05, 3.63) is 64.7 Å². The van der Waals surface area contributed by atoms with Crippen LogP contribution in [-0.4, -0.2) is 10.1 Å². The van der Waals surface area contributed by atoms with Crippen LogP contribution in [0.2, 0.25) is 5.02 Å². The van der Waals surface area contributed by atoms with Gasteiger partial charge in [-0.3, -0.25) is 0 Å². The van der Waals surface area contributed by atoms with E-state index < -0.39 is 0 Å². The average molecular weight is 317 g/mol. The summed E-state index contributed by atoms with van der Waals surface area (Å²) in [5.74, 6) is 1.31. The Hall–Kier alpha value is -1.78. The number of rotatable bonds is 4. The summed E-state index contributed by atoms with van der Waals surface area (Å²) in [6.45, 7) is 2.05. The van der Waals surface area contributed by atoms with Crippen LogP contribution in [0.25, 0.3) is 11.4 Å². The molecule has 3 aromatic rings. The summed E-state index contributed by atoms with van der Waals surface area (Å²) in [4.78, 5) is 4.40. The molecule has 3 rings (SSSR count). The monoisotopic (exact) mass is 316 g/mol. The molecule has 2 aromatic carbocycles. The van der Waals surface area contributed by atoms with Crippen LogP contribution in [0.4, 0.5) is 0 Å². The quantitative estimate of drug-likeness (QED) is 0.636. The van der Waals surface area contributed by atoms with Gasteiger partial charge in [0.15, 0.2) is 0 Å². The van der Waals surface area contributed by atoms with Gasteiger partial charge in [-0.05, 0) is 18.6 Å².